The van der Waals surface area contributed by atoms with E-state index in [-0.39, 0.29) is 0 Å². The van der Waals surface area contributed by atoms with Crippen LogP contribution in [0, 0.1) is 0 Å². The first-order valence-corrected chi connectivity index (χ1v) is 14.0. The predicted octanol–water partition coefficient (Wildman–Crippen LogP) is 10.1. The summed E-state index contributed by atoms with van der Waals surface area (Å²) in [5.74, 6) is 0. The Morgan fingerprint density at radius 1 is 0.425 bits per heavy atom. The molecule has 8 rings (SSSR count). The highest BCUT2D eigenvalue weighted by Crippen LogP contribution is 2.35. The summed E-state index contributed by atoms with van der Waals surface area (Å²) >= 11 is 0. The minimum Gasteiger partial charge on any atom is -0.309 e. The molecule has 0 saturated heterocycles. The van der Waals surface area contributed by atoms with Crippen molar-refractivity contribution in [2.45, 2.75) is 13.3 Å². The molecule has 40 heavy (non-hydrogen) atoms. The van der Waals surface area contributed by atoms with E-state index in [1.807, 2.05) is 0 Å². The Morgan fingerprint density at radius 3 is 1.27 bits per heavy atom. The van der Waals surface area contributed by atoms with Gasteiger partial charge in [-0.05, 0) is 71.6 Å². The van der Waals surface area contributed by atoms with Crippen LogP contribution in [0.5, 0.6) is 0 Å². The van der Waals surface area contributed by atoms with Crippen molar-refractivity contribution in [2.24, 2.45) is 0 Å². The number of nitrogens with zero attached hydrogens (tertiary/aromatic N) is 2. The van der Waals surface area contributed by atoms with Gasteiger partial charge in [0, 0.05) is 32.9 Å². The number of fused-ring (bicyclic) bond motifs is 6. The lowest BCUT2D eigenvalue weighted by Gasteiger charge is -2.14. The highest BCUT2D eigenvalue weighted by Gasteiger charge is 2.15. The zero-order chi connectivity index (χ0) is 26.6. The van der Waals surface area contributed by atoms with Crippen LogP contribution < -0.4 is 0 Å². The summed E-state index contributed by atoms with van der Waals surface area (Å²) in [4.78, 5) is 0. The minimum absolute atomic E-state index is 0.967. The SMILES string of the molecule is CCc1cc(-n2c3ccccc3c3ccccc32)ccc1-c1ccc(-n2c3ccccc3c3ccccc32)cc1. The highest BCUT2D eigenvalue weighted by atomic mass is 15.0. The molecule has 2 aromatic heterocycles. The lowest BCUT2D eigenvalue weighted by Crippen LogP contribution is -1.97. The van der Waals surface area contributed by atoms with Gasteiger partial charge in [-0.25, -0.2) is 0 Å². The number of hydrogen-bond donors (Lipinski definition) is 0. The van der Waals surface area contributed by atoms with Gasteiger partial charge in [-0.15, -0.1) is 0 Å². The van der Waals surface area contributed by atoms with Crippen LogP contribution in [0.2, 0.25) is 0 Å². The molecule has 2 heterocycles. The predicted molar refractivity (Wildman–Crippen MR) is 170 cm³/mol. The second kappa shape index (κ2) is 9.00. The number of aromatic nitrogens is 2. The molecule has 0 amide bonds. The summed E-state index contributed by atoms with van der Waals surface area (Å²) in [6.07, 6.45) is 0.967. The molecule has 0 aliphatic heterocycles. The fourth-order valence-electron chi connectivity index (χ4n) is 6.48. The van der Waals surface area contributed by atoms with Gasteiger partial charge in [0.2, 0.25) is 0 Å². The molecule has 0 radical (unpaired) electrons. The molecule has 0 aliphatic carbocycles. The van der Waals surface area contributed by atoms with E-state index in [0.717, 1.165) is 6.42 Å². The molecule has 0 atom stereocenters. The maximum atomic E-state index is 2.40. The van der Waals surface area contributed by atoms with Gasteiger partial charge in [-0.2, -0.15) is 0 Å². The smallest absolute Gasteiger partial charge is 0.0541 e. The second-order valence-electron chi connectivity index (χ2n) is 10.5. The van der Waals surface area contributed by atoms with Gasteiger partial charge < -0.3 is 9.13 Å². The van der Waals surface area contributed by atoms with E-state index < -0.39 is 0 Å². The second-order valence-corrected chi connectivity index (χ2v) is 10.5. The van der Waals surface area contributed by atoms with E-state index in [1.165, 1.54) is 71.7 Å². The van der Waals surface area contributed by atoms with Crippen molar-refractivity contribution >= 4 is 43.6 Å². The quantitative estimate of drug-likeness (QED) is 0.222. The van der Waals surface area contributed by atoms with E-state index in [2.05, 4.69) is 156 Å². The Bertz CT molecular complexity index is 2090. The van der Waals surface area contributed by atoms with Crippen LogP contribution in [0.3, 0.4) is 0 Å². The van der Waals surface area contributed by atoms with Gasteiger partial charge in [0.25, 0.3) is 0 Å². The minimum atomic E-state index is 0.967. The molecule has 0 unspecified atom stereocenters. The third kappa shape index (κ3) is 3.36. The molecular formula is C38H28N2. The molecule has 0 fully saturated rings. The van der Waals surface area contributed by atoms with Gasteiger partial charge in [0.1, 0.15) is 0 Å². The first kappa shape index (κ1) is 22.9. The van der Waals surface area contributed by atoms with Gasteiger partial charge in [0.05, 0.1) is 22.1 Å². The molecular weight excluding hydrogens is 484 g/mol. The summed E-state index contributed by atoms with van der Waals surface area (Å²) in [5, 5.41) is 5.16. The van der Waals surface area contributed by atoms with Crippen molar-refractivity contribution in [3.63, 3.8) is 0 Å². The third-order valence-corrected chi connectivity index (χ3v) is 8.32. The molecule has 0 bridgehead atoms. The van der Waals surface area contributed by atoms with Crippen molar-refractivity contribution in [1.82, 2.24) is 9.13 Å². The lowest BCUT2D eigenvalue weighted by molar-refractivity contribution is 1.11. The average molecular weight is 513 g/mol. The van der Waals surface area contributed by atoms with Crippen LogP contribution >= 0.6 is 0 Å². The van der Waals surface area contributed by atoms with E-state index in [0.29, 0.717) is 0 Å². The number of benzene rings is 6. The summed E-state index contributed by atoms with van der Waals surface area (Å²) in [6.45, 7) is 2.25. The summed E-state index contributed by atoms with van der Waals surface area (Å²) in [7, 11) is 0. The molecule has 8 aromatic rings. The molecule has 0 spiro atoms. The van der Waals surface area contributed by atoms with Crippen molar-refractivity contribution in [2.75, 3.05) is 0 Å². The van der Waals surface area contributed by atoms with Crippen LogP contribution in [0.25, 0.3) is 66.1 Å². The Morgan fingerprint density at radius 2 is 0.825 bits per heavy atom. The molecule has 0 saturated carbocycles. The normalized spacial score (nSPS) is 11.7. The molecule has 0 N–H and O–H groups in total. The zero-order valence-corrected chi connectivity index (χ0v) is 22.4. The highest BCUT2D eigenvalue weighted by molar-refractivity contribution is 6.10. The summed E-state index contributed by atoms with van der Waals surface area (Å²) < 4.78 is 4.78. The number of hydrogen-bond acceptors (Lipinski definition) is 0. The van der Waals surface area contributed by atoms with Gasteiger partial charge in [0.15, 0.2) is 0 Å². The standard InChI is InChI=1S/C38H28N2/c1-2-26-25-29(40-37-17-9-5-13-33(37)34-14-6-10-18-38(34)40)23-24-30(26)27-19-21-28(22-20-27)39-35-15-7-3-11-31(35)32-12-4-8-16-36(32)39/h3-25H,2H2,1H3. The van der Waals surface area contributed by atoms with E-state index >= 15 is 0 Å². The van der Waals surface area contributed by atoms with Crippen LogP contribution in [0.15, 0.2) is 140 Å². The molecule has 0 aliphatic rings. The zero-order valence-electron chi connectivity index (χ0n) is 22.4. The fraction of sp³-hybridized carbons (Fsp3) is 0.0526. The molecule has 190 valence electrons. The molecule has 6 aromatic carbocycles. The molecule has 2 nitrogen and oxygen atoms in total. The Balaban J connectivity index is 1.24. The van der Waals surface area contributed by atoms with Crippen molar-refractivity contribution < 1.29 is 0 Å². The average Bonchev–Trinajstić information content (AvgIpc) is 3.54. The Kier molecular flexibility index (Phi) is 5.14. The van der Waals surface area contributed by atoms with E-state index in [4.69, 9.17) is 0 Å². The van der Waals surface area contributed by atoms with Gasteiger partial charge in [-0.3, -0.25) is 0 Å². The van der Waals surface area contributed by atoms with Gasteiger partial charge >= 0.3 is 0 Å². The van der Waals surface area contributed by atoms with Crippen molar-refractivity contribution in [3.8, 4) is 22.5 Å². The fourth-order valence-corrected chi connectivity index (χ4v) is 6.48. The van der Waals surface area contributed by atoms with E-state index in [9.17, 15) is 0 Å². The van der Waals surface area contributed by atoms with Crippen LogP contribution in [-0.4, -0.2) is 9.13 Å². The number of rotatable bonds is 4. The molecule has 2 heteroatoms. The van der Waals surface area contributed by atoms with Crippen molar-refractivity contribution in [3.05, 3.63) is 145 Å². The Labute approximate surface area is 233 Å². The van der Waals surface area contributed by atoms with Crippen LogP contribution in [-0.2, 0) is 6.42 Å². The maximum absolute atomic E-state index is 2.40. The summed E-state index contributed by atoms with van der Waals surface area (Å²) in [6, 6.07) is 50.8. The van der Waals surface area contributed by atoms with E-state index in [1.54, 1.807) is 0 Å². The maximum Gasteiger partial charge on any atom is 0.0541 e. The van der Waals surface area contributed by atoms with Crippen LogP contribution in [0.4, 0.5) is 0 Å². The monoisotopic (exact) mass is 512 g/mol. The number of aryl methyl sites for hydroxylation is 1. The first-order valence-electron chi connectivity index (χ1n) is 14.0. The van der Waals surface area contributed by atoms with Crippen molar-refractivity contribution in [1.29, 1.82) is 0 Å². The third-order valence-electron chi connectivity index (χ3n) is 8.32. The topological polar surface area (TPSA) is 9.86 Å². The lowest BCUT2D eigenvalue weighted by atomic mass is 9.97. The first-order chi connectivity index (χ1) is 19.8. The van der Waals surface area contributed by atoms with Crippen LogP contribution in [0.1, 0.15) is 12.5 Å². The van der Waals surface area contributed by atoms with Gasteiger partial charge in [-0.1, -0.05) is 97.9 Å². The summed E-state index contributed by atoms with van der Waals surface area (Å²) in [5.41, 5.74) is 11.2. The number of para-hydroxylation sites is 4. The largest absolute Gasteiger partial charge is 0.309 e. The Hall–Kier alpha value is -5.08.